The molecule has 3 nitrogen and oxygen atoms in total. The second-order valence-corrected chi connectivity index (χ2v) is 6.11. The Morgan fingerprint density at radius 3 is 2.76 bits per heavy atom. The van der Waals surface area contributed by atoms with E-state index in [1.54, 1.807) is 0 Å². The van der Waals surface area contributed by atoms with Gasteiger partial charge in [0.25, 0.3) is 0 Å². The minimum Gasteiger partial charge on any atom is -0.373 e. The van der Waals surface area contributed by atoms with E-state index in [-0.39, 0.29) is 0 Å². The number of likely N-dealkylation sites (tertiary alicyclic amines) is 1. The number of hydrogen-bond donors (Lipinski definition) is 1. The van der Waals surface area contributed by atoms with E-state index in [2.05, 4.69) is 29.2 Å². The molecule has 0 bridgehead atoms. The molecule has 0 aromatic heterocycles. The van der Waals surface area contributed by atoms with Gasteiger partial charge in [-0.05, 0) is 51.2 Å². The summed E-state index contributed by atoms with van der Waals surface area (Å²) in [6.07, 6.45) is 7.71. The Labute approximate surface area is 106 Å². The van der Waals surface area contributed by atoms with Crippen molar-refractivity contribution in [3.05, 3.63) is 0 Å². The van der Waals surface area contributed by atoms with Crippen molar-refractivity contribution in [2.24, 2.45) is 10.4 Å². The Bertz CT molecular complexity index is 265. The third-order valence-electron chi connectivity index (χ3n) is 4.29. The molecule has 1 N–H and O–H groups in total. The molecule has 98 valence electrons. The summed E-state index contributed by atoms with van der Waals surface area (Å²) in [6, 6.07) is 0. The second-order valence-electron chi connectivity index (χ2n) is 6.11. The Hall–Kier alpha value is -0.570. The molecule has 0 aromatic rings. The van der Waals surface area contributed by atoms with Crippen LogP contribution in [-0.4, -0.2) is 44.0 Å². The van der Waals surface area contributed by atoms with Crippen molar-refractivity contribution in [2.45, 2.75) is 45.4 Å². The van der Waals surface area contributed by atoms with Gasteiger partial charge in [0.15, 0.2) is 0 Å². The fourth-order valence-electron chi connectivity index (χ4n) is 2.67. The van der Waals surface area contributed by atoms with Gasteiger partial charge in [-0.2, -0.15) is 0 Å². The fraction of sp³-hybridized carbons (Fsp3) is 0.929. The van der Waals surface area contributed by atoms with Gasteiger partial charge in [-0.3, -0.25) is 4.99 Å². The molecule has 3 heteroatoms. The first kappa shape index (κ1) is 12.9. The van der Waals surface area contributed by atoms with Crippen LogP contribution in [0.5, 0.6) is 0 Å². The number of amidine groups is 1. The fourth-order valence-corrected chi connectivity index (χ4v) is 2.67. The van der Waals surface area contributed by atoms with Gasteiger partial charge in [0.05, 0.1) is 5.84 Å². The molecule has 0 radical (unpaired) electrons. The molecule has 0 aliphatic carbocycles. The minimum absolute atomic E-state index is 0.474. The molecule has 2 rings (SSSR count). The van der Waals surface area contributed by atoms with Crippen LogP contribution in [-0.2, 0) is 0 Å². The average Bonchev–Trinajstić information content (AvgIpc) is 2.60. The average molecular weight is 237 g/mol. The van der Waals surface area contributed by atoms with Crippen LogP contribution in [0.4, 0.5) is 0 Å². The third kappa shape index (κ3) is 3.98. The zero-order valence-corrected chi connectivity index (χ0v) is 11.5. The predicted molar refractivity (Wildman–Crippen MR) is 73.6 cm³/mol. The first-order valence-electron chi connectivity index (χ1n) is 7.14. The molecule has 0 spiro atoms. The van der Waals surface area contributed by atoms with E-state index in [0.29, 0.717) is 5.41 Å². The normalized spacial score (nSPS) is 26.1. The largest absolute Gasteiger partial charge is 0.373 e. The lowest BCUT2D eigenvalue weighted by Crippen LogP contribution is -2.43. The Balaban J connectivity index is 1.78. The van der Waals surface area contributed by atoms with E-state index in [9.17, 15) is 0 Å². The van der Waals surface area contributed by atoms with Gasteiger partial charge in [0.2, 0.25) is 0 Å². The van der Waals surface area contributed by atoms with Crippen LogP contribution in [0.25, 0.3) is 0 Å². The van der Waals surface area contributed by atoms with E-state index in [4.69, 9.17) is 0 Å². The summed E-state index contributed by atoms with van der Waals surface area (Å²) in [7, 11) is 2.22. The molecule has 0 unspecified atom stereocenters. The lowest BCUT2D eigenvalue weighted by molar-refractivity contribution is 0.142. The van der Waals surface area contributed by atoms with Crippen LogP contribution in [0.1, 0.15) is 45.4 Å². The quantitative estimate of drug-likeness (QED) is 0.798. The van der Waals surface area contributed by atoms with Crippen LogP contribution < -0.4 is 5.32 Å². The van der Waals surface area contributed by atoms with E-state index >= 15 is 0 Å². The highest BCUT2D eigenvalue weighted by atomic mass is 15.1. The van der Waals surface area contributed by atoms with E-state index in [1.165, 1.54) is 51.0 Å². The Morgan fingerprint density at radius 2 is 2.00 bits per heavy atom. The summed E-state index contributed by atoms with van der Waals surface area (Å²) >= 11 is 0. The molecular formula is C14H27N3. The lowest BCUT2D eigenvalue weighted by atomic mass is 9.80. The summed E-state index contributed by atoms with van der Waals surface area (Å²) in [5.74, 6) is 1.27. The molecule has 2 heterocycles. The molecule has 2 aliphatic rings. The van der Waals surface area contributed by atoms with E-state index in [1.807, 2.05) is 0 Å². The van der Waals surface area contributed by atoms with Crippen molar-refractivity contribution in [1.82, 2.24) is 10.2 Å². The molecule has 0 amide bonds. The van der Waals surface area contributed by atoms with Gasteiger partial charge in [0.1, 0.15) is 0 Å². The third-order valence-corrected chi connectivity index (χ3v) is 4.29. The van der Waals surface area contributed by atoms with Gasteiger partial charge in [-0.25, -0.2) is 0 Å². The molecule has 1 saturated heterocycles. The van der Waals surface area contributed by atoms with Crippen molar-refractivity contribution in [2.75, 3.05) is 33.2 Å². The SMILES string of the molecule is CN1CCC(C)(CNC2=NCCCCC2)CC1. The van der Waals surface area contributed by atoms with Gasteiger partial charge < -0.3 is 10.2 Å². The highest BCUT2D eigenvalue weighted by molar-refractivity contribution is 5.82. The number of nitrogens with one attached hydrogen (secondary N) is 1. The molecule has 2 aliphatic heterocycles. The van der Waals surface area contributed by atoms with Crippen LogP contribution in [0.2, 0.25) is 0 Å². The van der Waals surface area contributed by atoms with Gasteiger partial charge >= 0.3 is 0 Å². The zero-order valence-electron chi connectivity index (χ0n) is 11.5. The van der Waals surface area contributed by atoms with E-state index < -0.39 is 0 Å². The highest BCUT2D eigenvalue weighted by Crippen LogP contribution is 2.29. The lowest BCUT2D eigenvalue weighted by Gasteiger charge is -2.38. The van der Waals surface area contributed by atoms with E-state index in [0.717, 1.165) is 19.5 Å². The maximum Gasteiger partial charge on any atom is 0.0963 e. The predicted octanol–water partition coefficient (Wildman–Crippen LogP) is 2.28. The molecule has 0 saturated carbocycles. The molecule has 0 aromatic carbocycles. The van der Waals surface area contributed by atoms with Crippen LogP contribution in [0, 0.1) is 5.41 Å². The number of hydrogen-bond acceptors (Lipinski definition) is 3. The Morgan fingerprint density at radius 1 is 1.24 bits per heavy atom. The summed E-state index contributed by atoms with van der Waals surface area (Å²) in [5.41, 5.74) is 0.474. The first-order valence-corrected chi connectivity index (χ1v) is 7.14. The zero-order chi connectivity index (χ0) is 12.1. The standard InChI is InChI=1S/C14H27N3/c1-14(7-10-17(2)11-8-14)12-16-13-6-4-3-5-9-15-13/h3-12H2,1-2H3,(H,15,16). The maximum atomic E-state index is 4.65. The summed E-state index contributed by atoms with van der Waals surface area (Å²) in [4.78, 5) is 7.08. The van der Waals surface area contributed by atoms with Crippen molar-refractivity contribution in [1.29, 1.82) is 0 Å². The van der Waals surface area contributed by atoms with Crippen molar-refractivity contribution < 1.29 is 0 Å². The smallest absolute Gasteiger partial charge is 0.0963 e. The van der Waals surface area contributed by atoms with Crippen LogP contribution in [0.3, 0.4) is 0 Å². The first-order chi connectivity index (χ1) is 8.18. The van der Waals surface area contributed by atoms with Crippen molar-refractivity contribution in [3.8, 4) is 0 Å². The van der Waals surface area contributed by atoms with Crippen LogP contribution in [0.15, 0.2) is 4.99 Å². The van der Waals surface area contributed by atoms with Crippen LogP contribution >= 0.6 is 0 Å². The summed E-state index contributed by atoms with van der Waals surface area (Å²) in [5, 5.41) is 3.62. The van der Waals surface area contributed by atoms with Crippen molar-refractivity contribution >= 4 is 5.84 Å². The summed E-state index contributed by atoms with van der Waals surface area (Å²) < 4.78 is 0. The number of aliphatic imine (C=N–C) groups is 1. The monoisotopic (exact) mass is 237 g/mol. The second kappa shape index (κ2) is 5.85. The Kier molecular flexibility index (Phi) is 4.43. The minimum atomic E-state index is 0.474. The maximum absolute atomic E-state index is 4.65. The molecular weight excluding hydrogens is 210 g/mol. The molecule has 1 fully saturated rings. The topological polar surface area (TPSA) is 27.6 Å². The number of rotatable bonds is 2. The van der Waals surface area contributed by atoms with Gasteiger partial charge in [-0.15, -0.1) is 0 Å². The van der Waals surface area contributed by atoms with Gasteiger partial charge in [0, 0.05) is 19.5 Å². The number of piperidine rings is 1. The van der Waals surface area contributed by atoms with Crippen molar-refractivity contribution in [3.63, 3.8) is 0 Å². The molecule has 17 heavy (non-hydrogen) atoms. The number of nitrogens with zero attached hydrogens (tertiary/aromatic N) is 2. The van der Waals surface area contributed by atoms with Gasteiger partial charge in [-0.1, -0.05) is 13.3 Å². The summed E-state index contributed by atoms with van der Waals surface area (Å²) in [6.45, 7) is 7.04. The molecule has 0 atom stereocenters. The highest BCUT2D eigenvalue weighted by Gasteiger charge is 2.28.